The zero-order valence-electron chi connectivity index (χ0n) is 12.3. The molecular formula is C14H16N4O3S2. The molecular weight excluding hydrogens is 336 g/mol. The van der Waals surface area contributed by atoms with Gasteiger partial charge < -0.3 is 4.90 Å². The van der Waals surface area contributed by atoms with Crippen LogP contribution in [-0.4, -0.2) is 48.0 Å². The van der Waals surface area contributed by atoms with Crippen LogP contribution in [0.4, 0.5) is 0 Å². The van der Waals surface area contributed by atoms with Crippen molar-refractivity contribution >= 4 is 27.3 Å². The number of carbonyl (C=O) groups is 1. The fourth-order valence-electron chi connectivity index (χ4n) is 2.64. The lowest BCUT2D eigenvalue weighted by molar-refractivity contribution is 0.0787. The molecule has 2 aromatic heterocycles. The topological polar surface area (TPSA) is 106 Å². The fraction of sp³-hybridized carbons (Fsp3) is 0.357. The van der Waals surface area contributed by atoms with Crippen LogP contribution in [0.15, 0.2) is 29.9 Å². The first-order chi connectivity index (χ1) is 10.9. The molecule has 122 valence electrons. The minimum Gasteiger partial charge on any atom is -0.338 e. The highest BCUT2D eigenvalue weighted by Crippen LogP contribution is 2.22. The van der Waals surface area contributed by atoms with Crippen molar-refractivity contribution in [3.05, 3.63) is 35.5 Å². The van der Waals surface area contributed by atoms with Gasteiger partial charge in [0.1, 0.15) is 0 Å². The first-order valence-corrected chi connectivity index (χ1v) is 9.67. The Bertz CT molecular complexity index is 788. The molecule has 0 radical (unpaired) electrons. The van der Waals surface area contributed by atoms with Gasteiger partial charge in [-0.15, -0.1) is 11.3 Å². The molecule has 0 spiro atoms. The summed E-state index contributed by atoms with van der Waals surface area (Å²) in [6, 6.07) is 3.83. The third-order valence-corrected chi connectivity index (χ3v) is 5.48. The Morgan fingerprint density at radius 1 is 1.39 bits per heavy atom. The SMILES string of the molecule is NS(=O)(=O)C[C@H]1CCN(C(=O)c2cnc(-c3cccs3)nc2)C1. The van der Waals surface area contributed by atoms with Gasteiger partial charge in [0.2, 0.25) is 10.0 Å². The van der Waals surface area contributed by atoms with Gasteiger partial charge in [0.25, 0.3) is 5.91 Å². The smallest absolute Gasteiger partial charge is 0.257 e. The van der Waals surface area contributed by atoms with E-state index in [1.807, 2.05) is 17.5 Å². The first kappa shape index (κ1) is 16.0. The highest BCUT2D eigenvalue weighted by atomic mass is 32.2. The molecule has 1 fully saturated rings. The highest BCUT2D eigenvalue weighted by molar-refractivity contribution is 7.89. The average Bonchev–Trinajstić information content (AvgIpc) is 3.16. The number of hydrogen-bond donors (Lipinski definition) is 1. The Kier molecular flexibility index (Phi) is 4.42. The molecule has 3 rings (SSSR count). The van der Waals surface area contributed by atoms with Crippen LogP contribution >= 0.6 is 11.3 Å². The maximum Gasteiger partial charge on any atom is 0.257 e. The molecule has 1 amide bonds. The van der Waals surface area contributed by atoms with E-state index in [-0.39, 0.29) is 17.6 Å². The van der Waals surface area contributed by atoms with Gasteiger partial charge in [-0.1, -0.05) is 6.07 Å². The van der Waals surface area contributed by atoms with Crippen LogP contribution in [0.25, 0.3) is 10.7 Å². The van der Waals surface area contributed by atoms with Gasteiger partial charge in [-0.25, -0.2) is 23.5 Å². The molecule has 1 saturated heterocycles. The molecule has 2 aromatic rings. The summed E-state index contributed by atoms with van der Waals surface area (Å²) in [5.41, 5.74) is 0.404. The minimum atomic E-state index is -3.51. The molecule has 0 bridgehead atoms. The van der Waals surface area contributed by atoms with Gasteiger partial charge in [-0.2, -0.15) is 0 Å². The van der Waals surface area contributed by atoms with Crippen LogP contribution in [0.3, 0.4) is 0 Å². The monoisotopic (exact) mass is 352 g/mol. The number of aromatic nitrogens is 2. The van der Waals surface area contributed by atoms with E-state index >= 15 is 0 Å². The second-order valence-electron chi connectivity index (χ2n) is 5.51. The van der Waals surface area contributed by atoms with Crippen LogP contribution in [0.2, 0.25) is 0 Å². The van der Waals surface area contributed by atoms with Gasteiger partial charge in [0.05, 0.1) is 16.2 Å². The molecule has 3 heterocycles. The van der Waals surface area contributed by atoms with Crippen molar-refractivity contribution in [1.82, 2.24) is 14.9 Å². The Labute approximate surface area is 138 Å². The molecule has 0 saturated carbocycles. The predicted octanol–water partition coefficient (Wildman–Crippen LogP) is 0.956. The van der Waals surface area contributed by atoms with Crippen molar-refractivity contribution < 1.29 is 13.2 Å². The molecule has 0 unspecified atom stereocenters. The summed E-state index contributed by atoms with van der Waals surface area (Å²) in [4.78, 5) is 23.4. The van der Waals surface area contributed by atoms with Crippen molar-refractivity contribution in [2.24, 2.45) is 11.1 Å². The van der Waals surface area contributed by atoms with E-state index in [9.17, 15) is 13.2 Å². The number of sulfonamides is 1. The van der Waals surface area contributed by atoms with Gasteiger partial charge in [-0.3, -0.25) is 4.79 Å². The van der Waals surface area contributed by atoms with Crippen molar-refractivity contribution in [3.8, 4) is 10.7 Å². The average molecular weight is 352 g/mol. The first-order valence-electron chi connectivity index (χ1n) is 7.08. The van der Waals surface area contributed by atoms with Crippen LogP contribution in [0.1, 0.15) is 16.8 Å². The molecule has 9 heteroatoms. The van der Waals surface area contributed by atoms with E-state index in [4.69, 9.17) is 5.14 Å². The maximum absolute atomic E-state index is 12.4. The fourth-order valence-corrected chi connectivity index (χ4v) is 4.24. The molecule has 7 nitrogen and oxygen atoms in total. The standard InChI is InChI=1S/C14H16N4O3S2/c15-23(20,21)9-10-3-4-18(8-10)14(19)11-6-16-13(17-7-11)12-2-1-5-22-12/h1-2,5-7,10H,3-4,8-9H2,(H2,15,20,21)/t10-/m0/s1. The Morgan fingerprint density at radius 2 is 2.13 bits per heavy atom. The Morgan fingerprint density at radius 3 is 2.74 bits per heavy atom. The summed E-state index contributed by atoms with van der Waals surface area (Å²) in [6.07, 6.45) is 3.66. The van der Waals surface area contributed by atoms with Crippen molar-refractivity contribution in [2.45, 2.75) is 6.42 Å². The largest absolute Gasteiger partial charge is 0.338 e. The zero-order valence-corrected chi connectivity index (χ0v) is 13.9. The van der Waals surface area contributed by atoms with Crippen LogP contribution in [0.5, 0.6) is 0 Å². The van der Waals surface area contributed by atoms with E-state index < -0.39 is 10.0 Å². The molecule has 0 aliphatic carbocycles. The van der Waals surface area contributed by atoms with Crippen LogP contribution < -0.4 is 5.14 Å². The minimum absolute atomic E-state index is 0.0927. The number of hydrogen-bond acceptors (Lipinski definition) is 6. The van der Waals surface area contributed by atoms with Gasteiger partial charge in [0, 0.05) is 25.5 Å². The number of nitrogens with zero attached hydrogens (tertiary/aromatic N) is 3. The number of primary sulfonamides is 1. The number of amides is 1. The van der Waals surface area contributed by atoms with Crippen LogP contribution in [-0.2, 0) is 10.0 Å². The van der Waals surface area contributed by atoms with E-state index in [1.54, 1.807) is 4.90 Å². The summed E-state index contributed by atoms with van der Waals surface area (Å²) in [5, 5.41) is 7.00. The summed E-state index contributed by atoms with van der Waals surface area (Å²) in [7, 11) is -3.51. The van der Waals surface area contributed by atoms with E-state index in [0.717, 1.165) is 4.88 Å². The number of carbonyl (C=O) groups excluding carboxylic acids is 1. The second-order valence-corrected chi connectivity index (χ2v) is 8.11. The number of thiophene rings is 1. The molecule has 2 N–H and O–H groups in total. The molecule has 0 aromatic carbocycles. The molecule has 1 aliphatic heterocycles. The van der Waals surface area contributed by atoms with Gasteiger partial charge >= 0.3 is 0 Å². The lowest BCUT2D eigenvalue weighted by Gasteiger charge is -2.16. The zero-order chi connectivity index (χ0) is 16.4. The lowest BCUT2D eigenvalue weighted by atomic mass is 10.2. The highest BCUT2D eigenvalue weighted by Gasteiger charge is 2.29. The molecule has 23 heavy (non-hydrogen) atoms. The summed E-state index contributed by atoms with van der Waals surface area (Å²) < 4.78 is 22.3. The van der Waals surface area contributed by atoms with Crippen LogP contribution in [0, 0.1) is 5.92 Å². The van der Waals surface area contributed by atoms with Gasteiger partial charge in [-0.05, 0) is 23.8 Å². The summed E-state index contributed by atoms with van der Waals surface area (Å²) in [5.74, 6) is 0.204. The van der Waals surface area contributed by atoms with Crippen molar-refractivity contribution in [3.63, 3.8) is 0 Å². The van der Waals surface area contributed by atoms with E-state index in [0.29, 0.717) is 30.9 Å². The number of rotatable bonds is 4. The number of nitrogens with two attached hydrogens (primary N) is 1. The summed E-state index contributed by atoms with van der Waals surface area (Å²) >= 11 is 1.53. The third-order valence-electron chi connectivity index (χ3n) is 3.68. The third kappa shape index (κ3) is 3.92. The second kappa shape index (κ2) is 6.34. The Balaban J connectivity index is 1.67. The summed E-state index contributed by atoms with van der Waals surface area (Å²) in [6.45, 7) is 0.910. The quantitative estimate of drug-likeness (QED) is 0.882. The molecule has 1 atom stereocenters. The van der Waals surface area contributed by atoms with Crippen molar-refractivity contribution in [2.75, 3.05) is 18.8 Å². The lowest BCUT2D eigenvalue weighted by Crippen LogP contribution is -2.31. The van der Waals surface area contributed by atoms with Gasteiger partial charge in [0.15, 0.2) is 5.82 Å². The molecule has 1 aliphatic rings. The van der Waals surface area contributed by atoms with E-state index in [2.05, 4.69) is 9.97 Å². The normalized spacial score (nSPS) is 18.3. The Hall–Kier alpha value is -1.84. The maximum atomic E-state index is 12.4. The van der Waals surface area contributed by atoms with E-state index in [1.165, 1.54) is 23.7 Å². The van der Waals surface area contributed by atoms with Crippen molar-refractivity contribution in [1.29, 1.82) is 0 Å². The predicted molar refractivity (Wildman–Crippen MR) is 87.3 cm³/mol. The number of likely N-dealkylation sites (tertiary alicyclic amines) is 1.